The van der Waals surface area contributed by atoms with Crippen LogP contribution in [0.4, 0.5) is 4.79 Å². The first-order valence-corrected chi connectivity index (χ1v) is 7.75. The molecule has 0 aliphatic heterocycles. The van der Waals surface area contributed by atoms with Gasteiger partial charge in [-0.1, -0.05) is 34.6 Å². The van der Waals surface area contributed by atoms with Crippen LogP contribution >= 0.6 is 0 Å². The second kappa shape index (κ2) is 11.0. The van der Waals surface area contributed by atoms with Gasteiger partial charge in [0.2, 0.25) is 0 Å². The van der Waals surface area contributed by atoms with Crippen molar-refractivity contribution in [2.24, 2.45) is 23.7 Å². The Morgan fingerprint density at radius 3 is 2.00 bits per heavy atom. The molecule has 1 N–H and O–H groups in total. The van der Waals surface area contributed by atoms with Gasteiger partial charge in [-0.05, 0) is 42.9 Å². The van der Waals surface area contributed by atoms with Gasteiger partial charge in [0.15, 0.2) is 0 Å². The molecule has 0 radical (unpaired) electrons. The smallest absolute Gasteiger partial charge is 0.434 e. The number of rotatable bonds is 10. The van der Waals surface area contributed by atoms with E-state index in [0.717, 1.165) is 18.3 Å². The van der Waals surface area contributed by atoms with E-state index in [-0.39, 0.29) is 13.2 Å². The third kappa shape index (κ3) is 11.1. The molecule has 0 amide bonds. The van der Waals surface area contributed by atoms with Crippen LogP contribution in [0.3, 0.4) is 0 Å². The molecule has 0 fully saturated rings. The lowest BCUT2D eigenvalue weighted by molar-refractivity contribution is 0.0333. The fourth-order valence-electron chi connectivity index (χ4n) is 2.82. The van der Waals surface area contributed by atoms with Crippen molar-refractivity contribution in [2.75, 3.05) is 19.8 Å². The van der Waals surface area contributed by atoms with Crippen LogP contribution in [0.5, 0.6) is 0 Å². The Morgan fingerprint density at radius 1 is 0.900 bits per heavy atom. The summed E-state index contributed by atoms with van der Waals surface area (Å²) in [7, 11) is 0. The fraction of sp³-hybridized carbons (Fsp3) is 0.938. The Balaban J connectivity index is 3.78. The molecule has 0 aliphatic rings. The van der Waals surface area contributed by atoms with Gasteiger partial charge in [-0.3, -0.25) is 0 Å². The molecule has 4 nitrogen and oxygen atoms in total. The van der Waals surface area contributed by atoms with Gasteiger partial charge in [0.25, 0.3) is 0 Å². The number of aliphatic hydroxyl groups is 1. The Kier molecular flexibility index (Phi) is 10.5. The number of carbonyl (C=O) groups excluding carboxylic acids is 1. The lowest BCUT2D eigenvalue weighted by atomic mass is 9.86. The van der Waals surface area contributed by atoms with Crippen LogP contribution in [0.1, 0.15) is 53.9 Å². The summed E-state index contributed by atoms with van der Waals surface area (Å²) in [4.78, 5) is 11.1. The molecule has 0 saturated carbocycles. The number of hydrogen-bond donors (Lipinski definition) is 1. The maximum absolute atomic E-state index is 11.1. The van der Waals surface area contributed by atoms with E-state index in [2.05, 4.69) is 39.4 Å². The zero-order chi connectivity index (χ0) is 15.5. The molecule has 0 aromatic rings. The van der Waals surface area contributed by atoms with Gasteiger partial charge in [-0.2, -0.15) is 0 Å². The topological polar surface area (TPSA) is 55.8 Å². The Morgan fingerprint density at radius 2 is 1.45 bits per heavy atom. The van der Waals surface area contributed by atoms with E-state index in [0.29, 0.717) is 18.4 Å². The molecule has 0 rings (SSSR count). The van der Waals surface area contributed by atoms with Crippen LogP contribution in [0, 0.1) is 23.7 Å². The molecule has 3 atom stereocenters. The van der Waals surface area contributed by atoms with Crippen LogP contribution in [0.25, 0.3) is 0 Å². The maximum Gasteiger partial charge on any atom is 0.508 e. The molecule has 0 spiro atoms. The van der Waals surface area contributed by atoms with Gasteiger partial charge < -0.3 is 14.6 Å². The molecule has 3 unspecified atom stereocenters. The number of carbonyl (C=O) groups is 1. The van der Waals surface area contributed by atoms with Gasteiger partial charge in [0.05, 0.1) is 13.2 Å². The van der Waals surface area contributed by atoms with E-state index in [9.17, 15) is 4.79 Å². The Hall–Kier alpha value is -0.770. The molecule has 4 heteroatoms. The zero-order valence-electron chi connectivity index (χ0n) is 13.7. The largest absolute Gasteiger partial charge is 0.508 e. The first-order chi connectivity index (χ1) is 9.35. The number of ether oxygens (including phenoxy) is 2. The molecule has 0 bridgehead atoms. The Labute approximate surface area is 123 Å². The highest BCUT2D eigenvalue weighted by Crippen LogP contribution is 2.24. The highest BCUT2D eigenvalue weighted by Gasteiger charge is 2.15. The zero-order valence-corrected chi connectivity index (χ0v) is 13.7. The molecule has 0 heterocycles. The predicted molar refractivity (Wildman–Crippen MR) is 80.6 cm³/mol. The van der Waals surface area contributed by atoms with Crippen molar-refractivity contribution < 1.29 is 19.4 Å². The van der Waals surface area contributed by atoms with Crippen LogP contribution < -0.4 is 0 Å². The van der Waals surface area contributed by atoms with E-state index in [4.69, 9.17) is 9.84 Å². The molecule has 0 aromatic heterocycles. The van der Waals surface area contributed by atoms with Gasteiger partial charge in [-0.15, -0.1) is 0 Å². The van der Waals surface area contributed by atoms with E-state index < -0.39 is 6.16 Å². The van der Waals surface area contributed by atoms with E-state index in [1.807, 2.05) is 0 Å². The second-order valence-electron chi connectivity index (χ2n) is 6.55. The molecular weight excluding hydrogens is 256 g/mol. The summed E-state index contributed by atoms with van der Waals surface area (Å²) in [5, 5.41) is 8.52. The summed E-state index contributed by atoms with van der Waals surface area (Å²) in [5.74, 6) is 2.46. The lowest BCUT2D eigenvalue weighted by Crippen LogP contribution is -2.17. The summed E-state index contributed by atoms with van der Waals surface area (Å²) < 4.78 is 9.65. The highest BCUT2D eigenvalue weighted by atomic mass is 16.7. The monoisotopic (exact) mass is 288 g/mol. The average molecular weight is 288 g/mol. The van der Waals surface area contributed by atoms with Crippen molar-refractivity contribution in [1.29, 1.82) is 0 Å². The van der Waals surface area contributed by atoms with E-state index in [1.54, 1.807) is 0 Å². The normalized spacial score (nSPS) is 15.8. The van der Waals surface area contributed by atoms with E-state index in [1.165, 1.54) is 12.8 Å². The number of aliphatic hydroxyl groups excluding tert-OH is 1. The third-order valence-corrected chi connectivity index (χ3v) is 3.28. The van der Waals surface area contributed by atoms with Gasteiger partial charge in [0.1, 0.15) is 6.61 Å². The van der Waals surface area contributed by atoms with Crippen molar-refractivity contribution in [2.45, 2.75) is 53.9 Å². The lowest BCUT2D eigenvalue weighted by Gasteiger charge is -2.21. The maximum atomic E-state index is 11.1. The van der Waals surface area contributed by atoms with Crippen LogP contribution in [-0.4, -0.2) is 31.1 Å². The number of hydrogen-bond acceptors (Lipinski definition) is 4. The van der Waals surface area contributed by atoms with Crippen molar-refractivity contribution in [3.05, 3.63) is 0 Å². The summed E-state index contributed by atoms with van der Waals surface area (Å²) in [6.45, 7) is 11.4. The van der Waals surface area contributed by atoms with E-state index >= 15 is 0 Å². The van der Waals surface area contributed by atoms with Crippen molar-refractivity contribution >= 4 is 6.16 Å². The minimum atomic E-state index is -0.688. The van der Waals surface area contributed by atoms with Gasteiger partial charge in [0, 0.05) is 0 Å². The van der Waals surface area contributed by atoms with Crippen LogP contribution in [0.15, 0.2) is 0 Å². The minimum Gasteiger partial charge on any atom is -0.434 e. The fourth-order valence-corrected chi connectivity index (χ4v) is 2.82. The summed E-state index contributed by atoms with van der Waals surface area (Å²) in [6.07, 6.45) is 2.85. The summed E-state index contributed by atoms with van der Waals surface area (Å²) >= 11 is 0. The van der Waals surface area contributed by atoms with Gasteiger partial charge >= 0.3 is 6.16 Å². The molecule has 120 valence electrons. The van der Waals surface area contributed by atoms with Crippen molar-refractivity contribution in [3.8, 4) is 0 Å². The molecule has 20 heavy (non-hydrogen) atoms. The molecular formula is C16H32O4. The summed E-state index contributed by atoms with van der Waals surface area (Å²) in [5.41, 5.74) is 0. The minimum absolute atomic E-state index is 0.00364. The molecule has 0 saturated heterocycles. The van der Waals surface area contributed by atoms with Crippen molar-refractivity contribution in [3.63, 3.8) is 0 Å². The second-order valence-corrected chi connectivity index (χ2v) is 6.55. The summed E-state index contributed by atoms with van der Waals surface area (Å²) in [6, 6.07) is 0. The Bertz CT molecular complexity index is 253. The van der Waals surface area contributed by atoms with Gasteiger partial charge in [-0.25, -0.2) is 4.79 Å². The van der Waals surface area contributed by atoms with Crippen LogP contribution in [0.2, 0.25) is 0 Å². The van der Waals surface area contributed by atoms with Crippen LogP contribution in [-0.2, 0) is 9.47 Å². The highest BCUT2D eigenvalue weighted by molar-refractivity contribution is 5.59. The molecule has 0 aliphatic carbocycles. The quantitative estimate of drug-likeness (QED) is 0.620. The standard InChI is InChI=1S/C16H32O4/c1-12(2)8-13(3)9-14(4)10-15(5)11-20-16(18)19-7-6-17/h12-15,17H,6-11H2,1-5H3. The molecule has 0 aromatic carbocycles. The average Bonchev–Trinajstić information content (AvgIpc) is 2.32. The first kappa shape index (κ1) is 19.2. The first-order valence-electron chi connectivity index (χ1n) is 7.75. The predicted octanol–water partition coefficient (Wildman–Crippen LogP) is 3.87. The third-order valence-electron chi connectivity index (χ3n) is 3.28. The van der Waals surface area contributed by atoms with Crippen molar-refractivity contribution in [1.82, 2.24) is 0 Å². The SMILES string of the molecule is CC(C)CC(C)CC(C)CC(C)COC(=O)OCCO.